The van der Waals surface area contributed by atoms with E-state index in [2.05, 4.69) is 0 Å². The standard InChI is InChI=1S/C16H25F3N2/c1-5-14(20)9-13-6-7-15(12(4)8-13)21(11(2)3)10-16(17,18)19/h6-8,11,14H,5,9-10,20H2,1-4H3. The van der Waals surface area contributed by atoms with Gasteiger partial charge in [-0.1, -0.05) is 19.1 Å². The second-order valence-electron chi connectivity index (χ2n) is 5.83. The van der Waals surface area contributed by atoms with Gasteiger partial charge in [-0.3, -0.25) is 0 Å². The lowest BCUT2D eigenvalue weighted by atomic mass is 10.0. The van der Waals surface area contributed by atoms with Gasteiger partial charge in [0.25, 0.3) is 0 Å². The number of hydrogen-bond acceptors (Lipinski definition) is 2. The number of nitrogens with two attached hydrogens (primary N) is 1. The summed E-state index contributed by atoms with van der Waals surface area (Å²) in [5.41, 5.74) is 8.49. The molecule has 2 nitrogen and oxygen atoms in total. The van der Waals surface area contributed by atoms with Crippen molar-refractivity contribution in [3.63, 3.8) is 0 Å². The van der Waals surface area contributed by atoms with E-state index >= 15 is 0 Å². The van der Waals surface area contributed by atoms with Gasteiger partial charge in [0.2, 0.25) is 0 Å². The zero-order valence-corrected chi connectivity index (χ0v) is 13.2. The van der Waals surface area contributed by atoms with Crippen molar-refractivity contribution in [2.75, 3.05) is 11.4 Å². The Kier molecular flexibility index (Phi) is 6.08. The first-order chi connectivity index (χ1) is 9.64. The van der Waals surface area contributed by atoms with Gasteiger partial charge in [0, 0.05) is 17.8 Å². The molecule has 0 bridgehead atoms. The van der Waals surface area contributed by atoms with Crippen molar-refractivity contribution in [3.05, 3.63) is 29.3 Å². The number of rotatable bonds is 6. The fourth-order valence-corrected chi connectivity index (χ4v) is 2.35. The van der Waals surface area contributed by atoms with E-state index in [9.17, 15) is 13.2 Å². The Labute approximate surface area is 125 Å². The predicted molar refractivity (Wildman–Crippen MR) is 81.7 cm³/mol. The molecule has 0 amide bonds. The van der Waals surface area contributed by atoms with E-state index in [-0.39, 0.29) is 12.1 Å². The van der Waals surface area contributed by atoms with E-state index in [1.165, 1.54) is 4.90 Å². The van der Waals surface area contributed by atoms with Gasteiger partial charge < -0.3 is 10.6 Å². The molecule has 0 aliphatic rings. The van der Waals surface area contributed by atoms with E-state index in [1.807, 2.05) is 26.0 Å². The average Bonchev–Trinajstić information content (AvgIpc) is 2.35. The molecule has 2 N–H and O–H groups in total. The smallest absolute Gasteiger partial charge is 0.360 e. The summed E-state index contributed by atoms with van der Waals surface area (Å²) in [6.45, 7) is 6.48. The molecule has 0 heterocycles. The van der Waals surface area contributed by atoms with Crippen LogP contribution in [0, 0.1) is 6.92 Å². The van der Waals surface area contributed by atoms with E-state index < -0.39 is 12.7 Å². The van der Waals surface area contributed by atoms with Crippen molar-refractivity contribution in [1.82, 2.24) is 0 Å². The molecule has 120 valence electrons. The largest absolute Gasteiger partial charge is 0.405 e. The number of halogens is 3. The maximum atomic E-state index is 12.7. The number of alkyl halides is 3. The Morgan fingerprint density at radius 2 is 1.86 bits per heavy atom. The number of benzene rings is 1. The zero-order valence-electron chi connectivity index (χ0n) is 13.2. The van der Waals surface area contributed by atoms with Gasteiger partial charge in [0.1, 0.15) is 6.54 Å². The number of nitrogens with zero attached hydrogens (tertiary/aromatic N) is 1. The Morgan fingerprint density at radius 1 is 1.24 bits per heavy atom. The Balaban J connectivity index is 3.00. The first kappa shape index (κ1) is 17.8. The molecular formula is C16H25F3N2. The summed E-state index contributed by atoms with van der Waals surface area (Å²) in [5.74, 6) is 0. The lowest BCUT2D eigenvalue weighted by Crippen LogP contribution is -2.39. The van der Waals surface area contributed by atoms with E-state index in [0.717, 1.165) is 24.0 Å². The van der Waals surface area contributed by atoms with Gasteiger partial charge in [0.05, 0.1) is 0 Å². The highest BCUT2D eigenvalue weighted by atomic mass is 19.4. The van der Waals surface area contributed by atoms with E-state index in [4.69, 9.17) is 5.73 Å². The summed E-state index contributed by atoms with van der Waals surface area (Å²) < 4.78 is 38.2. The normalized spacial score (nSPS) is 13.6. The molecule has 1 aromatic carbocycles. The molecule has 0 spiro atoms. The summed E-state index contributed by atoms with van der Waals surface area (Å²) in [6.07, 6.45) is -2.58. The van der Waals surface area contributed by atoms with E-state index in [1.54, 1.807) is 19.9 Å². The molecule has 5 heteroatoms. The average molecular weight is 302 g/mol. The molecular weight excluding hydrogens is 277 g/mol. The first-order valence-corrected chi connectivity index (χ1v) is 7.32. The van der Waals surface area contributed by atoms with Crippen molar-refractivity contribution in [1.29, 1.82) is 0 Å². The van der Waals surface area contributed by atoms with Crippen molar-refractivity contribution >= 4 is 5.69 Å². The van der Waals surface area contributed by atoms with Gasteiger partial charge in [-0.15, -0.1) is 0 Å². The fraction of sp³-hybridized carbons (Fsp3) is 0.625. The van der Waals surface area contributed by atoms with Crippen LogP contribution in [0.1, 0.15) is 38.3 Å². The summed E-state index contributed by atoms with van der Waals surface area (Å²) in [6, 6.07) is 5.47. The van der Waals surface area contributed by atoms with Crippen LogP contribution in [0.5, 0.6) is 0 Å². The third kappa shape index (κ3) is 5.58. The molecule has 0 fully saturated rings. The van der Waals surface area contributed by atoms with Crippen LogP contribution in [0.4, 0.5) is 18.9 Å². The quantitative estimate of drug-likeness (QED) is 0.859. The Morgan fingerprint density at radius 3 is 2.29 bits per heavy atom. The molecule has 0 aliphatic carbocycles. The van der Waals surface area contributed by atoms with Crippen LogP contribution in [0.3, 0.4) is 0 Å². The molecule has 21 heavy (non-hydrogen) atoms. The summed E-state index contributed by atoms with van der Waals surface area (Å²) in [7, 11) is 0. The third-order valence-electron chi connectivity index (χ3n) is 3.57. The highest BCUT2D eigenvalue weighted by Gasteiger charge is 2.32. The minimum Gasteiger partial charge on any atom is -0.360 e. The Bertz CT molecular complexity index is 455. The number of hydrogen-bond donors (Lipinski definition) is 1. The molecule has 0 saturated carbocycles. The second kappa shape index (κ2) is 7.16. The molecule has 1 atom stereocenters. The van der Waals surface area contributed by atoms with Gasteiger partial charge in [0.15, 0.2) is 0 Å². The lowest BCUT2D eigenvalue weighted by molar-refractivity contribution is -0.120. The van der Waals surface area contributed by atoms with Crippen molar-refractivity contribution in [2.24, 2.45) is 5.73 Å². The van der Waals surface area contributed by atoms with Crippen LogP contribution in [-0.4, -0.2) is 24.8 Å². The minimum atomic E-state index is -4.21. The monoisotopic (exact) mass is 302 g/mol. The highest BCUT2D eigenvalue weighted by Crippen LogP contribution is 2.28. The van der Waals surface area contributed by atoms with Gasteiger partial charge in [-0.05, 0) is 50.8 Å². The number of aryl methyl sites for hydroxylation is 1. The maximum absolute atomic E-state index is 12.7. The van der Waals surface area contributed by atoms with E-state index in [0.29, 0.717) is 5.69 Å². The predicted octanol–water partition coefficient (Wildman–Crippen LogP) is 4.05. The molecule has 0 aliphatic heterocycles. The minimum absolute atomic E-state index is 0.0895. The summed E-state index contributed by atoms with van der Waals surface area (Å²) in [4.78, 5) is 1.39. The van der Waals surface area contributed by atoms with Crippen LogP contribution >= 0.6 is 0 Å². The molecule has 0 radical (unpaired) electrons. The summed E-state index contributed by atoms with van der Waals surface area (Å²) in [5, 5.41) is 0. The third-order valence-corrected chi connectivity index (χ3v) is 3.57. The van der Waals surface area contributed by atoms with Gasteiger partial charge in [-0.2, -0.15) is 13.2 Å². The van der Waals surface area contributed by atoms with Crippen molar-refractivity contribution in [2.45, 2.75) is 58.8 Å². The van der Waals surface area contributed by atoms with Crippen LogP contribution in [0.25, 0.3) is 0 Å². The number of anilines is 1. The lowest BCUT2D eigenvalue weighted by Gasteiger charge is -2.31. The molecule has 0 aromatic heterocycles. The zero-order chi connectivity index (χ0) is 16.2. The van der Waals surface area contributed by atoms with Crippen LogP contribution in [0.2, 0.25) is 0 Å². The Hall–Kier alpha value is -1.23. The fourth-order valence-electron chi connectivity index (χ4n) is 2.35. The van der Waals surface area contributed by atoms with Crippen LogP contribution in [0.15, 0.2) is 18.2 Å². The molecule has 1 rings (SSSR count). The molecule has 1 unspecified atom stereocenters. The molecule has 0 saturated heterocycles. The van der Waals surface area contributed by atoms with Crippen LogP contribution < -0.4 is 10.6 Å². The second-order valence-corrected chi connectivity index (χ2v) is 5.83. The van der Waals surface area contributed by atoms with Crippen molar-refractivity contribution < 1.29 is 13.2 Å². The van der Waals surface area contributed by atoms with Crippen molar-refractivity contribution in [3.8, 4) is 0 Å². The topological polar surface area (TPSA) is 29.3 Å². The van der Waals surface area contributed by atoms with Crippen LogP contribution in [-0.2, 0) is 6.42 Å². The maximum Gasteiger partial charge on any atom is 0.405 e. The SMILES string of the molecule is CCC(N)Cc1ccc(N(CC(F)(F)F)C(C)C)c(C)c1. The van der Waals surface area contributed by atoms with Gasteiger partial charge >= 0.3 is 6.18 Å². The highest BCUT2D eigenvalue weighted by molar-refractivity contribution is 5.55. The summed E-state index contributed by atoms with van der Waals surface area (Å²) >= 11 is 0. The molecule has 1 aromatic rings. The van der Waals surface area contributed by atoms with Gasteiger partial charge in [-0.25, -0.2) is 0 Å². The first-order valence-electron chi connectivity index (χ1n) is 7.32.